The molecule has 0 radical (unpaired) electrons. The lowest BCUT2D eigenvalue weighted by Crippen LogP contribution is -2.53. The minimum Gasteiger partial charge on any atom is -0.490 e. The Balaban J connectivity index is 1.53. The molecule has 1 aromatic carbocycles. The summed E-state index contributed by atoms with van der Waals surface area (Å²) in [5.41, 5.74) is 0.988. The summed E-state index contributed by atoms with van der Waals surface area (Å²) in [6.07, 6.45) is 2.25. The fourth-order valence-corrected chi connectivity index (χ4v) is 3.89. The van der Waals surface area contributed by atoms with Gasteiger partial charge in [0.05, 0.1) is 24.1 Å². The van der Waals surface area contributed by atoms with Gasteiger partial charge in [0.1, 0.15) is 18.5 Å². The third-order valence-corrected chi connectivity index (χ3v) is 5.63. The van der Waals surface area contributed by atoms with Crippen molar-refractivity contribution in [2.75, 3.05) is 19.0 Å². The highest BCUT2D eigenvalue weighted by molar-refractivity contribution is 6.00. The molecule has 1 saturated carbocycles. The van der Waals surface area contributed by atoms with E-state index < -0.39 is 5.97 Å². The van der Waals surface area contributed by atoms with Crippen molar-refractivity contribution in [3.63, 3.8) is 0 Å². The van der Waals surface area contributed by atoms with Gasteiger partial charge in [0.2, 0.25) is 5.91 Å². The summed E-state index contributed by atoms with van der Waals surface area (Å²) in [6, 6.07) is 4.88. The first kappa shape index (κ1) is 18.7. The van der Waals surface area contributed by atoms with Crippen molar-refractivity contribution in [2.45, 2.75) is 50.4 Å². The number of nitrogens with one attached hydrogen (secondary N) is 1. The zero-order chi connectivity index (χ0) is 19.8. The van der Waals surface area contributed by atoms with Gasteiger partial charge in [0.25, 0.3) is 5.91 Å². The van der Waals surface area contributed by atoms with Crippen LogP contribution in [0.25, 0.3) is 0 Å². The molecule has 1 aliphatic carbocycles. The van der Waals surface area contributed by atoms with Crippen LogP contribution >= 0.6 is 0 Å². The number of likely N-dealkylation sites (N-methyl/N-ethyl adjacent to an activating group) is 1. The lowest BCUT2D eigenvalue weighted by molar-refractivity contribution is -0.148. The molecule has 28 heavy (non-hydrogen) atoms. The van der Waals surface area contributed by atoms with Gasteiger partial charge in [0, 0.05) is 18.7 Å². The van der Waals surface area contributed by atoms with Crippen LogP contribution in [0.5, 0.6) is 5.75 Å². The van der Waals surface area contributed by atoms with E-state index in [2.05, 4.69) is 5.32 Å². The number of carboxylic acid groups (broad SMARTS) is 1. The third kappa shape index (κ3) is 3.82. The molecule has 4 rings (SSSR count). The molecule has 8 nitrogen and oxygen atoms in total. The van der Waals surface area contributed by atoms with Gasteiger partial charge in [-0.1, -0.05) is 0 Å². The maximum Gasteiger partial charge on any atom is 0.305 e. The second kappa shape index (κ2) is 7.43. The van der Waals surface area contributed by atoms with Crippen molar-refractivity contribution in [3.05, 3.63) is 23.8 Å². The van der Waals surface area contributed by atoms with E-state index >= 15 is 0 Å². The van der Waals surface area contributed by atoms with E-state index in [0.29, 0.717) is 29.8 Å². The average molecular weight is 388 g/mol. The first-order valence-corrected chi connectivity index (χ1v) is 9.64. The number of fused-ring (bicyclic) bond motifs is 2. The number of hydrogen-bond donors (Lipinski definition) is 2. The first-order chi connectivity index (χ1) is 13.4. The van der Waals surface area contributed by atoms with E-state index in [1.165, 1.54) is 0 Å². The van der Waals surface area contributed by atoms with Crippen LogP contribution in [-0.4, -0.2) is 59.7 Å². The van der Waals surface area contributed by atoms with Gasteiger partial charge in [-0.3, -0.25) is 14.4 Å². The highest BCUT2D eigenvalue weighted by Gasteiger charge is 2.39. The molecule has 8 heteroatoms. The Bertz CT molecular complexity index is 806. The van der Waals surface area contributed by atoms with Gasteiger partial charge < -0.3 is 24.8 Å². The molecule has 2 N–H and O–H groups in total. The van der Waals surface area contributed by atoms with Crippen LogP contribution in [-0.2, 0) is 14.3 Å². The van der Waals surface area contributed by atoms with Gasteiger partial charge in [-0.15, -0.1) is 0 Å². The van der Waals surface area contributed by atoms with Crippen LogP contribution in [0, 0.1) is 5.92 Å². The molecular weight excluding hydrogens is 364 g/mol. The summed E-state index contributed by atoms with van der Waals surface area (Å²) >= 11 is 0. The molecule has 3 atom stereocenters. The standard InChI is InChI=1S/C20H24N2O6/c1-22-15-6-5-13(9-18(23)24)28-17(15)10-27-16-7-4-12(8-14(16)20(22)26)21-19(25)11-2-3-11/h4,7-8,11,13,15,17H,2-3,5-6,9-10H2,1H3,(H,21,25)(H,23,24)/t13-,15-,17-/m0/s1. The molecule has 2 amide bonds. The Hall–Kier alpha value is -2.61. The van der Waals surface area contributed by atoms with Crippen molar-refractivity contribution in [1.82, 2.24) is 4.90 Å². The average Bonchev–Trinajstić information content (AvgIpc) is 3.50. The molecule has 1 aromatic rings. The zero-order valence-corrected chi connectivity index (χ0v) is 15.7. The normalized spacial score (nSPS) is 27.0. The summed E-state index contributed by atoms with van der Waals surface area (Å²) < 4.78 is 11.8. The van der Waals surface area contributed by atoms with Gasteiger partial charge in [-0.05, 0) is 43.9 Å². The Morgan fingerprint density at radius 1 is 1.25 bits per heavy atom. The fourth-order valence-electron chi connectivity index (χ4n) is 3.89. The Morgan fingerprint density at radius 2 is 2.04 bits per heavy atom. The van der Waals surface area contributed by atoms with E-state index in [1.54, 1.807) is 30.1 Å². The number of anilines is 1. The molecule has 3 aliphatic rings. The molecule has 0 spiro atoms. The predicted octanol–water partition coefficient (Wildman–Crippen LogP) is 1.89. The number of aliphatic carboxylic acids is 1. The molecular formula is C20H24N2O6. The molecule has 2 heterocycles. The minimum absolute atomic E-state index is 0.0160. The molecule has 2 aliphatic heterocycles. The number of carbonyl (C=O) groups is 3. The van der Waals surface area contributed by atoms with Gasteiger partial charge in [-0.2, -0.15) is 0 Å². The molecule has 150 valence electrons. The quantitative estimate of drug-likeness (QED) is 0.816. The fraction of sp³-hybridized carbons (Fsp3) is 0.550. The lowest BCUT2D eigenvalue weighted by atomic mass is 9.94. The number of hydrogen-bond acceptors (Lipinski definition) is 5. The van der Waals surface area contributed by atoms with E-state index in [0.717, 1.165) is 12.8 Å². The number of benzene rings is 1. The van der Waals surface area contributed by atoms with Crippen LogP contribution in [0.1, 0.15) is 42.5 Å². The lowest BCUT2D eigenvalue weighted by Gasteiger charge is -2.42. The summed E-state index contributed by atoms with van der Waals surface area (Å²) in [7, 11) is 1.73. The Kier molecular flexibility index (Phi) is 4.97. The molecule has 1 saturated heterocycles. The van der Waals surface area contributed by atoms with Crippen molar-refractivity contribution in [2.24, 2.45) is 5.92 Å². The van der Waals surface area contributed by atoms with Crippen molar-refractivity contribution in [3.8, 4) is 5.75 Å². The summed E-state index contributed by atoms with van der Waals surface area (Å²) in [4.78, 5) is 37.7. The van der Waals surface area contributed by atoms with Crippen molar-refractivity contribution in [1.29, 1.82) is 0 Å². The second-order valence-electron chi connectivity index (χ2n) is 7.74. The highest BCUT2D eigenvalue weighted by atomic mass is 16.5. The SMILES string of the molecule is CN1C(=O)c2cc(NC(=O)C3CC3)ccc2OC[C@@H]2O[C@H](CC(=O)O)CC[C@@H]21. The van der Waals surface area contributed by atoms with Gasteiger partial charge >= 0.3 is 5.97 Å². The van der Waals surface area contributed by atoms with Crippen LogP contribution in [0.4, 0.5) is 5.69 Å². The van der Waals surface area contributed by atoms with Crippen molar-refractivity contribution >= 4 is 23.5 Å². The molecule has 0 bridgehead atoms. The van der Waals surface area contributed by atoms with E-state index in [4.69, 9.17) is 14.6 Å². The first-order valence-electron chi connectivity index (χ1n) is 9.64. The molecule has 0 unspecified atom stereocenters. The van der Waals surface area contributed by atoms with Crippen LogP contribution in [0.3, 0.4) is 0 Å². The summed E-state index contributed by atoms with van der Waals surface area (Å²) in [5.74, 6) is -0.602. The monoisotopic (exact) mass is 388 g/mol. The predicted molar refractivity (Wildman–Crippen MR) is 99.3 cm³/mol. The van der Waals surface area contributed by atoms with Crippen LogP contribution < -0.4 is 10.1 Å². The maximum atomic E-state index is 13.1. The smallest absolute Gasteiger partial charge is 0.305 e. The maximum absolute atomic E-state index is 13.1. The Morgan fingerprint density at radius 3 is 2.75 bits per heavy atom. The van der Waals surface area contributed by atoms with Gasteiger partial charge in [-0.25, -0.2) is 0 Å². The zero-order valence-electron chi connectivity index (χ0n) is 15.7. The van der Waals surface area contributed by atoms with Crippen LogP contribution in [0.2, 0.25) is 0 Å². The number of nitrogens with zero attached hydrogens (tertiary/aromatic N) is 1. The van der Waals surface area contributed by atoms with Gasteiger partial charge in [0.15, 0.2) is 0 Å². The summed E-state index contributed by atoms with van der Waals surface area (Å²) in [5, 5.41) is 11.9. The largest absolute Gasteiger partial charge is 0.490 e. The third-order valence-electron chi connectivity index (χ3n) is 5.63. The van der Waals surface area contributed by atoms with Crippen molar-refractivity contribution < 1.29 is 29.0 Å². The summed E-state index contributed by atoms with van der Waals surface area (Å²) in [6.45, 7) is 0.235. The number of amides is 2. The van der Waals surface area contributed by atoms with Crippen LogP contribution in [0.15, 0.2) is 18.2 Å². The molecule has 0 aromatic heterocycles. The number of ether oxygens (including phenoxy) is 2. The number of rotatable bonds is 4. The molecule has 2 fully saturated rings. The topological polar surface area (TPSA) is 105 Å². The van der Waals surface area contributed by atoms with E-state index in [-0.39, 0.29) is 49.0 Å². The van der Waals surface area contributed by atoms with E-state index in [1.807, 2.05) is 0 Å². The minimum atomic E-state index is -0.897. The Labute approximate surface area is 162 Å². The highest BCUT2D eigenvalue weighted by Crippen LogP contribution is 2.34. The second-order valence-corrected chi connectivity index (χ2v) is 7.74. The number of carbonyl (C=O) groups excluding carboxylic acids is 2. The number of carboxylic acids is 1. The van der Waals surface area contributed by atoms with E-state index in [9.17, 15) is 14.4 Å².